The third kappa shape index (κ3) is 3.38. The highest BCUT2D eigenvalue weighted by molar-refractivity contribution is 9.10. The molecule has 0 N–H and O–H groups in total. The van der Waals surface area contributed by atoms with Crippen LogP contribution in [0.25, 0.3) is 0 Å². The molecule has 0 saturated heterocycles. The third-order valence-corrected chi connectivity index (χ3v) is 5.54. The normalized spacial score (nSPS) is 11.8. The van der Waals surface area contributed by atoms with E-state index in [0.717, 1.165) is 10.0 Å². The summed E-state index contributed by atoms with van der Waals surface area (Å²) in [5.74, 6) is 0. The Bertz CT molecular complexity index is 705. The van der Waals surface area contributed by atoms with Crippen LogP contribution >= 0.6 is 27.5 Å². The molecule has 0 unspecified atom stereocenters. The van der Waals surface area contributed by atoms with Crippen LogP contribution in [0.15, 0.2) is 52.0 Å². The first-order valence-electron chi connectivity index (χ1n) is 5.72. The second kappa shape index (κ2) is 6.22. The Kier molecular flexibility index (Phi) is 4.80. The maximum atomic E-state index is 12.4. The van der Waals surface area contributed by atoms with E-state index in [-0.39, 0.29) is 16.6 Å². The van der Waals surface area contributed by atoms with Gasteiger partial charge in [-0.15, -0.1) is 0 Å². The fourth-order valence-electron chi connectivity index (χ4n) is 1.65. The molecule has 2 rings (SSSR count). The van der Waals surface area contributed by atoms with Gasteiger partial charge in [0.05, 0.1) is 0 Å². The largest absolute Gasteiger partial charge is 0.244 e. The Morgan fingerprint density at radius 3 is 2.55 bits per heavy atom. The maximum Gasteiger partial charge on any atom is 0.244 e. The summed E-state index contributed by atoms with van der Waals surface area (Å²) in [4.78, 5) is 3.92. The van der Waals surface area contributed by atoms with Gasteiger partial charge in [-0.1, -0.05) is 45.7 Å². The molecule has 2 aromatic rings. The minimum atomic E-state index is -3.58. The first-order chi connectivity index (χ1) is 9.41. The molecule has 0 amide bonds. The Labute approximate surface area is 131 Å². The molecule has 0 fully saturated rings. The number of pyridine rings is 1. The molecule has 1 aromatic heterocycles. The highest BCUT2D eigenvalue weighted by Gasteiger charge is 2.21. The van der Waals surface area contributed by atoms with Crippen molar-refractivity contribution in [1.82, 2.24) is 9.29 Å². The average Bonchev–Trinajstić information content (AvgIpc) is 2.41. The van der Waals surface area contributed by atoms with Crippen molar-refractivity contribution in [1.29, 1.82) is 0 Å². The zero-order valence-corrected chi connectivity index (χ0v) is 13.8. The van der Waals surface area contributed by atoms with E-state index in [1.165, 1.54) is 29.7 Å². The summed E-state index contributed by atoms with van der Waals surface area (Å²) < 4.78 is 26.9. The molecule has 1 heterocycles. The van der Waals surface area contributed by atoms with Crippen LogP contribution in [0.2, 0.25) is 5.15 Å². The van der Waals surface area contributed by atoms with E-state index in [1.807, 2.05) is 24.3 Å². The van der Waals surface area contributed by atoms with Crippen molar-refractivity contribution in [3.8, 4) is 0 Å². The molecular weight excluding hydrogens is 364 g/mol. The second-order valence-electron chi connectivity index (χ2n) is 4.17. The number of benzene rings is 1. The molecule has 4 nitrogen and oxygen atoms in total. The second-order valence-corrected chi connectivity index (χ2v) is 7.46. The smallest absolute Gasteiger partial charge is 0.243 e. The molecule has 0 aliphatic carbocycles. The molecule has 106 valence electrons. The van der Waals surface area contributed by atoms with Gasteiger partial charge in [0.2, 0.25) is 10.0 Å². The average molecular weight is 376 g/mol. The number of hydrogen-bond acceptors (Lipinski definition) is 3. The predicted octanol–water partition coefficient (Wildman–Crippen LogP) is 3.32. The van der Waals surface area contributed by atoms with Gasteiger partial charge in [0.25, 0.3) is 0 Å². The number of aromatic nitrogens is 1. The summed E-state index contributed by atoms with van der Waals surface area (Å²) in [6.07, 6.45) is 1.26. The van der Waals surface area contributed by atoms with E-state index in [1.54, 1.807) is 0 Å². The lowest BCUT2D eigenvalue weighted by molar-refractivity contribution is 0.466. The van der Waals surface area contributed by atoms with Crippen molar-refractivity contribution >= 4 is 37.6 Å². The molecule has 0 spiro atoms. The fourth-order valence-corrected chi connectivity index (χ4v) is 3.26. The van der Waals surface area contributed by atoms with E-state index in [0.29, 0.717) is 0 Å². The topological polar surface area (TPSA) is 50.3 Å². The van der Waals surface area contributed by atoms with Crippen molar-refractivity contribution in [3.05, 3.63) is 57.8 Å². The van der Waals surface area contributed by atoms with Crippen molar-refractivity contribution in [2.45, 2.75) is 11.4 Å². The lowest BCUT2D eigenvalue weighted by Crippen LogP contribution is -2.26. The Morgan fingerprint density at radius 2 is 1.95 bits per heavy atom. The summed E-state index contributed by atoms with van der Waals surface area (Å²) in [7, 11) is -2.05. The van der Waals surface area contributed by atoms with Crippen LogP contribution in [-0.4, -0.2) is 24.8 Å². The monoisotopic (exact) mass is 374 g/mol. The zero-order chi connectivity index (χ0) is 14.8. The van der Waals surface area contributed by atoms with Crippen molar-refractivity contribution in [2.75, 3.05) is 7.05 Å². The Morgan fingerprint density at radius 1 is 1.25 bits per heavy atom. The SMILES string of the molecule is CN(Cc1ccccc1Br)S(=O)(=O)c1ccc(Cl)nc1. The Hall–Kier alpha value is -0.950. The van der Waals surface area contributed by atoms with E-state index in [4.69, 9.17) is 11.6 Å². The maximum absolute atomic E-state index is 12.4. The van der Waals surface area contributed by atoms with E-state index < -0.39 is 10.0 Å². The molecule has 0 aliphatic rings. The number of hydrogen-bond donors (Lipinski definition) is 0. The van der Waals surface area contributed by atoms with Gasteiger partial charge in [0.1, 0.15) is 10.0 Å². The third-order valence-electron chi connectivity index (χ3n) is 2.76. The minimum Gasteiger partial charge on any atom is -0.243 e. The van der Waals surface area contributed by atoms with Crippen LogP contribution in [0.1, 0.15) is 5.56 Å². The summed E-state index contributed by atoms with van der Waals surface area (Å²) in [6.45, 7) is 0.270. The highest BCUT2D eigenvalue weighted by Crippen LogP contribution is 2.21. The number of nitrogens with zero attached hydrogens (tertiary/aromatic N) is 2. The lowest BCUT2D eigenvalue weighted by Gasteiger charge is -2.17. The van der Waals surface area contributed by atoms with Gasteiger partial charge in [-0.2, -0.15) is 4.31 Å². The van der Waals surface area contributed by atoms with E-state index in [9.17, 15) is 8.42 Å². The summed E-state index contributed by atoms with van der Waals surface area (Å²) >= 11 is 9.07. The molecule has 1 aromatic carbocycles. The number of sulfonamides is 1. The van der Waals surface area contributed by atoms with Gasteiger partial charge in [0, 0.05) is 24.3 Å². The van der Waals surface area contributed by atoms with Crippen LogP contribution < -0.4 is 0 Å². The first kappa shape index (κ1) is 15.4. The summed E-state index contributed by atoms with van der Waals surface area (Å²) in [5.41, 5.74) is 0.889. The van der Waals surface area contributed by atoms with Crippen LogP contribution in [0.3, 0.4) is 0 Å². The van der Waals surface area contributed by atoms with E-state index in [2.05, 4.69) is 20.9 Å². The molecule has 0 saturated carbocycles. The highest BCUT2D eigenvalue weighted by atomic mass is 79.9. The molecule has 0 bridgehead atoms. The molecule has 7 heteroatoms. The van der Waals surface area contributed by atoms with Crippen molar-refractivity contribution in [2.24, 2.45) is 0 Å². The minimum absolute atomic E-state index is 0.122. The van der Waals surface area contributed by atoms with Gasteiger partial charge in [-0.3, -0.25) is 0 Å². The van der Waals surface area contributed by atoms with Crippen LogP contribution in [0.4, 0.5) is 0 Å². The fraction of sp³-hybridized carbons (Fsp3) is 0.154. The zero-order valence-electron chi connectivity index (χ0n) is 10.6. The summed E-state index contributed by atoms with van der Waals surface area (Å²) in [6, 6.07) is 10.4. The Balaban J connectivity index is 2.26. The van der Waals surface area contributed by atoms with Crippen LogP contribution in [0.5, 0.6) is 0 Å². The quantitative estimate of drug-likeness (QED) is 0.770. The standard InChI is InChI=1S/C13H12BrClN2O2S/c1-17(9-10-4-2-3-5-12(10)14)20(18,19)11-6-7-13(15)16-8-11/h2-8H,9H2,1H3. The molecule has 0 aliphatic heterocycles. The molecule has 20 heavy (non-hydrogen) atoms. The van der Waals surface area contributed by atoms with Gasteiger partial charge < -0.3 is 0 Å². The van der Waals surface area contributed by atoms with Crippen molar-refractivity contribution in [3.63, 3.8) is 0 Å². The van der Waals surface area contributed by atoms with E-state index >= 15 is 0 Å². The molecular formula is C13H12BrClN2O2S. The predicted molar refractivity (Wildman–Crippen MR) is 82.0 cm³/mol. The lowest BCUT2D eigenvalue weighted by atomic mass is 10.2. The molecule has 0 radical (unpaired) electrons. The number of rotatable bonds is 4. The van der Waals surface area contributed by atoms with Crippen LogP contribution in [0, 0.1) is 0 Å². The van der Waals surface area contributed by atoms with Gasteiger partial charge in [0.15, 0.2) is 0 Å². The molecule has 0 atom stereocenters. The van der Waals surface area contributed by atoms with Gasteiger partial charge >= 0.3 is 0 Å². The van der Waals surface area contributed by atoms with Crippen molar-refractivity contribution < 1.29 is 8.42 Å². The van der Waals surface area contributed by atoms with Crippen LogP contribution in [-0.2, 0) is 16.6 Å². The summed E-state index contributed by atoms with van der Waals surface area (Å²) in [5, 5.41) is 0.261. The number of halogens is 2. The first-order valence-corrected chi connectivity index (χ1v) is 8.33. The van der Waals surface area contributed by atoms with Gasteiger partial charge in [-0.25, -0.2) is 13.4 Å². The van der Waals surface area contributed by atoms with Gasteiger partial charge in [-0.05, 0) is 23.8 Å².